The first kappa shape index (κ1) is 18.5. The molecule has 0 unspecified atom stereocenters. The maximum atomic E-state index is 12.9. The second-order valence-electron chi connectivity index (χ2n) is 6.46. The van der Waals surface area contributed by atoms with E-state index < -0.39 is 12.1 Å². The minimum absolute atomic E-state index is 0.00312. The van der Waals surface area contributed by atoms with E-state index in [2.05, 4.69) is 0 Å². The Hall–Kier alpha value is -2.28. The number of benzene rings is 1. The number of piperazine rings is 1. The number of hydrogen-bond donors (Lipinski definition) is 0. The predicted molar refractivity (Wildman–Crippen MR) is 97.1 cm³/mol. The van der Waals surface area contributed by atoms with E-state index in [0.29, 0.717) is 31.1 Å². The van der Waals surface area contributed by atoms with Crippen LogP contribution in [0.5, 0.6) is 0 Å². The number of halogens is 1. The van der Waals surface area contributed by atoms with Crippen LogP contribution < -0.4 is 4.90 Å². The molecule has 2 aliphatic heterocycles. The van der Waals surface area contributed by atoms with Gasteiger partial charge in [-0.1, -0.05) is 17.7 Å². The highest BCUT2D eigenvalue weighted by Gasteiger charge is 2.38. The Morgan fingerprint density at radius 3 is 2.69 bits per heavy atom. The van der Waals surface area contributed by atoms with Gasteiger partial charge in [-0.05, 0) is 37.5 Å². The van der Waals surface area contributed by atoms with E-state index in [-0.39, 0.29) is 18.4 Å². The minimum Gasteiger partial charge on any atom is -0.453 e. The summed E-state index contributed by atoms with van der Waals surface area (Å²) in [4.78, 5) is 42.1. The summed E-state index contributed by atoms with van der Waals surface area (Å²) in [6.45, 7) is 1.31. The van der Waals surface area contributed by atoms with Crippen molar-refractivity contribution in [1.82, 2.24) is 9.80 Å². The molecule has 140 valence electrons. The number of likely N-dealkylation sites (tertiary alicyclic amines) is 1. The standard InChI is InChI=1S/C18H22ClN3O4/c1-26-18(25)22-8-3-2-7-15(22)17(24)20-9-10-21(16(23)12-20)14-6-4-5-13(19)11-14/h4-6,11,15H,2-3,7-10,12H2,1H3/t15-/m0/s1. The average Bonchev–Trinajstić information content (AvgIpc) is 2.66. The van der Waals surface area contributed by atoms with Gasteiger partial charge in [0, 0.05) is 30.3 Å². The van der Waals surface area contributed by atoms with Crippen molar-refractivity contribution in [1.29, 1.82) is 0 Å². The van der Waals surface area contributed by atoms with E-state index in [0.717, 1.165) is 18.5 Å². The zero-order valence-corrected chi connectivity index (χ0v) is 15.4. The van der Waals surface area contributed by atoms with Gasteiger partial charge in [-0.2, -0.15) is 0 Å². The molecule has 0 aromatic heterocycles. The molecule has 3 rings (SSSR count). The summed E-state index contributed by atoms with van der Waals surface area (Å²) < 4.78 is 4.79. The van der Waals surface area contributed by atoms with Crippen LogP contribution in [0.3, 0.4) is 0 Å². The van der Waals surface area contributed by atoms with E-state index >= 15 is 0 Å². The maximum absolute atomic E-state index is 12.9. The zero-order valence-electron chi connectivity index (χ0n) is 14.7. The van der Waals surface area contributed by atoms with Gasteiger partial charge in [0.15, 0.2) is 0 Å². The average molecular weight is 380 g/mol. The largest absolute Gasteiger partial charge is 0.453 e. The number of nitrogens with zero attached hydrogens (tertiary/aromatic N) is 3. The lowest BCUT2D eigenvalue weighted by atomic mass is 10.0. The summed E-state index contributed by atoms with van der Waals surface area (Å²) in [5, 5.41) is 0.560. The molecule has 1 aromatic carbocycles. The molecular formula is C18H22ClN3O4. The molecule has 1 atom stereocenters. The third-order valence-electron chi connectivity index (χ3n) is 4.85. The number of hydrogen-bond acceptors (Lipinski definition) is 4. The van der Waals surface area contributed by atoms with E-state index in [1.54, 1.807) is 23.1 Å². The molecule has 2 saturated heterocycles. The Morgan fingerprint density at radius 2 is 2.00 bits per heavy atom. The van der Waals surface area contributed by atoms with Gasteiger partial charge in [-0.3, -0.25) is 14.5 Å². The van der Waals surface area contributed by atoms with Gasteiger partial charge in [0.25, 0.3) is 0 Å². The number of carbonyl (C=O) groups is 3. The molecule has 0 bridgehead atoms. The molecule has 7 nitrogen and oxygen atoms in total. The van der Waals surface area contributed by atoms with Gasteiger partial charge >= 0.3 is 6.09 Å². The molecular weight excluding hydrogens is 358 g/mol. The van der Waals surface area contributed by atoms with Crippen LogP contribution in [0.4, 0.5) is 10.5 Å². The molecule has 26 heavy (non-hydrogen) atoms. The Bertz CT molecular complexity index is 711. The lowest BCUT2D eigenvalue weighted by molar-refractivity contribution is -0.141. The number of ether oxygens (including phenoxy) is 1. The number of carbonyl (C=O) groups excluding carboxylic acids is 3. The maximum Gasteiger partial charge on any atom is 0.410 e. The van der Waals surface area contributed by atoms with Crippen molar-refractivity contribution in [2.75, 3.05) is 38.2 Å². The monoisotopic (exact) mass is 379 g/mol. The van der Waals surface area contributed by atoms with Crippen LogP contribution in [0, 0.1) is 0 Å². The summed E-state index contributed by atoms with van der Waals surface area (Å²) in [5.41, 5.74) is 0.725. The predicted octanol–water partition coefficient (Wildman–Crippen LogP) is 2.14. The molecule has 0 saturated carbocycles. The fraction of sp³-hybridized carbons (Fsp3) is 0.500. The van der Waals surface area contributed by atoms with Crippen LogP contribution in [-0.4, -0.2) is 67.0 Å². The zero-order chi connectivity index (χ0) is 18.7. The number of methoxy groups -OCH3 is 1. The number of anilines is 1. The van der Waals surface area contributed by atoms with Crippen molar-refractivity contribution >= 4 is 35.2 Å². The minimum atomic E-state index is -0.554. The topological polar surface area (TPSA) is 70.2 Å². The van der Waals surface area contributed by atoms with E-state index in [4.69, 9.17) is 16.3 Å². The summed E-state index contributed by atoms with van der Waals surface area (Å²) in [6, 6.07) is 6.54. The lowest BCUT2D eigenvalue weighted by Gasteiger charge is -2.39. The lowest BCUT2D eigenvalue weighted by Crippen LogP contribution is -2.58. The van der Waals surface area contributed by atoms with Crippen LogP contribution in [0.15, 0.2) is 24.3 Å². The Balaban J connectivity index is 1.68. The smallest absolute Gasteiger partial charge is 0.410 e. The van der Waals surface area contributed by atoms with E-state index in [9.17, 15) is 14.4 Å². The molecule has 3 amide bonds. The van der Waals surface area contributed by atoms with Crippen LogP contribution >= 0.6 is 11.6 Å². The van der Waals surface area contributed by atoms with Crippen molar-refractivity contribution in [2.45, 2.75) is 25.3 Å². The number of amides is 3. The van der Waals surface area contributed by atoms with Crippen LogP contribution in [0.1, 0.15) is 19.3 Å². The quantitative estimate of drug-likeness (QED) is 0.789. The third-order valence-corrected chi connectivity index (χ3v) is 5.08. The van der Waals surface area contributed by atoms with Gasteiger partial charge in [-0.15, -0.1) is 0 Å². The third kappa shape index (κ3) is 3.77. The fourth-order valence-corrected chi connectivity index (χ4v) is 3.70. The normalized spacial score (nSPS) is 20.9. The first-order valence-electron chi connectivity index (χ1n) is 8.70. The molecule has 8 heteroatoms. The second kappa shape index (κ2) is 7.95. The highest BCUT2D eigenvalue weighted by atomic mass is 35.5. The SMILES string of the molecule is COC(=O)N1CCCC[C@H]1C(=O)N1CCN(c2cccc(Cl)c2)C(=O)C1. The Kier molecular flexibility index (Phi) is 5.66. The molecule has 1 aromatic rings. The summed E-state index contributed by atoms with van der Waals surface area (Å²) >= 11 is 6.00. The van der Waals surface area contributed by atoms with Crippen LogP contribution in [0.25, 0.3) is 0 Å². The second-order valence-corrected chi connectivity index (χ2v) is 6.90. The molecule has 2 fully saturated rings. The first-order chi connectivity index (χ1) is 12.5. The fourth-order valence-electron chi connectivity index (χ4n) is 3.51. The van der Waals surface area contributed by atoms with Gasteiger partial charge < -0.3 is 14.5 Å². The molecule has 0 radical (unpaired) electrons. The van der Waals surface area contributed by atoms with Crippen LogP contribution in [0.2, 0.25) is 5.02 Å². The molecule has 2 heterocycles. The van der Waals surface area contributed by atoms with Gasteiger partial charge in [0.05, 0.1) is 7.11 Å². The van der Waals surface area contributed by atoms with Gasteiger partial charge in [0.2, 0.25) is 11.8 Å². The highest BCUT2D eigenvalue weighted by molar-refractivity contribution is 6.30. The van der Waals surface area contributed by atoms with Crippen molar-refractivity contribution in [3.63, 3.8) is 0 Å². The molecule has 0 N–H and O–H groups in total. The van der Waals surface area contributed by atoms with Gasteiger partial charge in [-0.25, -0.2) is 4.79 Å². The summed E-state index contributed by atoms with van der Waals surface area (Å²) in [6.07, 6.45) is 1.82. The molecule has 0 aliphatic carbocycles. The number of piperidine rings is 1. The van der Waals surface area contributed by atoms with Crippen LogP contribution in [-0.2, 0) is 14.3 Å². The molecule has 2 aliphatic rings. The van der Waals surface area contributed by atoms with Crippen molar-refractivity contribution < 1.29 is 19.1 Å². The Morgan fingerprint density at radius 1 is 1.19 bits per heavy atom. The summed E-state index contributed by atoms with van der Waals surface area (Å²) in [5.74, 6) is -0.346. The highest BCUT2D eigenvalue weighted by Crippen LogP contribution is 2.24. The number of rotatable bonds is 2. The van der Waals surface area contributed by atoms with Gasteiger partial charge in [0.1, 0.15) is 12.6 Å². The van der Waals surface area contributed by atoms with Crippen molar-refractivity contribution in [2.24, 2.45) is 0 Å². The molecule has 0 spiro atoms. The van der Waals surface area contributed by atoms with E-state index in [1.807, 2.05) is 6.07 Å². The van der Waals surface area contributed by atoms with Crippen molar-refractivity contribution in [3.05, 3.63) is 29.3 Å². The summed E-state index contributed by atoms with van der Waals surface area (Å²) in [7, 11) is 1.31. The van der Waals surface area contributed by atoms with E-state index in [1.165, 1.54) is 16.9 Å². The Labute approximate surface area is 157 Å². The first-order valence-corrected chi connectivity index (χ1v) is 9.08. The van der Waals surface area contributed by atoms with Crippen molar-refractivity contribution in [3.8, 4) is 0 Å².